The van der Waals surface area contributed by atoms with Crippen molar-refractivity contribution in [3.8, 4) is 11.3 Å². The van der Waals surface area contributed by atoms with Gasteiger partial charge in [-0.05, 0) is 18.6 Å². The summed E-state index contributed by atoms with van der Waals surface area (Å²) in [6.07, 6.45) is 2.21. The van der Waals surface area contributed by atoms with Gasteiger partial charge in [-0.1, -0.05) is 56.5 Å². The molecule has 2 aromatic rings. The second-order valence-corrected chi connectivity index (χ2v) is 6.31. The molecule has 0 unspecified atom stereocenters. The summed E-state index contributed by atoms with van der Waals surface area (Å²) in [5, 5.41) is 1.05. The number of nitrogens with two attached hydrogens (primary N) is 1. The van der Waals surface area contributed by atoms with Crippen molar-refractivity contribution in [3.63, 3.8) is 0 Å². The zero-order chi connectivity index (χ0) is 15.6. The van der Waals surface area contributed by atoms with Crippen molar-refractivity contribution >= 4 is 29.0 Å². The van der Waals surface area contributed by atoms with Crippen LogP contribution in [0.15, 0.2) is 18.2 Å². The van der Waals surface area contributed by atoms with E-state index < -0.39 is 0 Å². The third kappa shape index (κ3) is 3.35. The van der Waals surface area contributed by atoms with Gasteiger partial charge in [0.25, 0.3) is 0 Å². The Morgan fingerprint density at radius 2 is 1.95 bits per heavy atom. The van der Waals surface area contributed by atoms with E-state index >= 15 is 0 Å². The Morgan fingerprint density at radius 3 is 2.52 bits per heavy atom. The van der Waals surface area contributed by atoms with E-state index in [0.29, 0.717) is 21.8 Å². The Balaban J connectivity index is 2.51. The fraction of sp³-hybridized carbons (Fsp3) is 0.438. The molecule has 0 spiro atoms. The van der Waals surface area contributed by atoms with E-state index in [1.54, 1.807) is 6.07 Å². The third-order valence-electron chi connectivity index (χ3n) is 3.48. The van der Waals surface area contributed by atoms with Gasteiger partial charge in [0.2, 0.25) is 0 Å². The zero-order valence-corrected chi connectivity index (χ0v) is 14.2. The fourth-order valence-electron chi connectivity index (χ4n) is 2.33. The molecule has 0 aliphatic rings. The monoisotopic (exact) mass is 325 g/mol. The molecular weight excluding hydrogens is 305 g/mol. The number of hydrogen-bond acceptors (Lipinski definition) is 2. The quantitative estimate of drug-likeness (QED) is 0.803. The van der Waals surface area contributed by atoms with E-state index in [9.17, 15) is 0 Å². The second kappa shape index (κ2) is 6.71. The van der Waals surface area contributed by atoms with Crippen LogP contribution in [0.4, 0.5) is 5.82 Å². The van der Waals surface area contributed by atoms with Crippen molar-refractivity contribution in [2.75, 3.05) is 5.73 Å². The molecule has 0 saturated heterocycles. The van der Waals surface area contributed by atoms with Crippen LogP contribution in [0.25, 0.3) is 11.3 Å². The van der Waals surface area contributed by atoms with E-state index in [-0.39, 0.29) is 0 Å². The van der Waals surface area contributed by atoms with Gasteiger partial charge in [-0.15, -0.1) is 0 Å². The number of benzene rings is 1. The molecule has 3 nitrogen and oxygen atoms in total. The first-order chi connectivity index (χ1) is 9.95. The molecule has 1 aromatic heterocycles. The van der Waals surface area contributed by atoms with Gasteiger partial charge in [0.05, 0.1) is 10.0 Å². The molecule has 0 bridgehead atoms. The number of unbranched alkanes of at least 4 members (excludes halogenated alkanes) is 1. The molecule has 2 N–H and O–H groups in total. The minimum atomic E-state index is 0.320. The Morgan fingerprint density at radius 1 is 1.24 bits per heavy atom. The number of anilines is 1. The lowest BCUT2D eigenvalue weighted by atomic mass is 10.1. The molecule has 21 heavy (non-hydrogen) atoms. The minimum absolute atomic E-state index is 0.320. The predicted octanol–water partition coefficient (Wildman–Crippen LogP) is 5.36. The van der Waals surface area contributed by atoms with Crippen LogP contribution in [0.5, 0.6) is 0 Å². The standard InChI is InChI=1S/C16H21Cl2N3/c1-4-5-8-21-15(19)14(20-16(21)10(2)3)11-6-7-12(17)13(18)9-11/h6-7,9-10H,4-5,8,19H2,1-3H3. The normalized spacial score (nSPS) is 11.3. The number of aromatic nitrogens is 2. The van der Waals surface area contributed by atoms with Gasteiger partial charge in [-0.2, -0.15) is 0 Å². The maximum Gasteiger partial charge on any atom is 0.131 e. The maximum atomic E-state index is 6.33. The summed E-state index contributed by atoms with van der Waals surface area (Å²) in [4.78, 5) is 4.74. The Labute approximate surface area is 136 Å². The van der Waals surface area contributed by atoms with Gasteiger partial charge in [0.1, 0.15) is 17.3 Å². The molecule has 1 aromatic carbocycles. The van der Waals surface area contributed by atoms with Gasteiger partial charge in [0, 0.05) is 18.0 Å². The molecule has 114 valence electrons. The van der Waals surface area contributed by atoms with Crippen LogP contribution in [0.3, 0.4) is 0 Å². The van der Waals surface area contributed by atoms with Gasteiger partial charge < -0.3 is 10.3 Å². The number of nitrogens with zero attached hydrogens (tertiary/aromatic N) is 2. The van der Waals surface area contributed by atoms with Crippen LogP contribution >= 0.6 is 23.2 Å². The van der Waals surface area contributed by atoms with Crippen molar-refractivity contribution in [2.45, 2.75) is 46.1 Å². The minimum Gasteiger partial charge on any atom is -0.383 e. The number of imidazole rings is 1. The Hall–Kier alpha value is -1.19. The number of nitrogen functional groups attached to an aromatic ring is 1. The van der Waals surface area contributed by atoms with Crippen LogP contribution in [0.1, 0.15) is 45.4 Å². The number of rotatable bonds is 5. The van der Waals surface area contributed by atoms with E-state index in [1.807, 2.05) is 12.1 Å². The van der Waals surface area contributed by atoms with Crippen molar-refractivity contribution in [3.05, 3.63) is 34.1 Å². The third-order valence-corrected chi connectivity index (χ3v) is 4.22. The maximum absolute atomic E-state index is 6.33. The van der Waals surface area contributed by atoms with Crippen molar-refractivity contribution in [2.24, 2.45) is 0 Å². The summed E-state index contributed by atoms with van der Waals surface area (Å²) < 4.78 is 2.12. The van der Waals surface area contributed by atoms with Gasteiger partial charge >= 0.3 is 0 Å². The smallest absolute Gasteiger partial charge is 0.131 e. The summed E-state index contributed by atoms with van der Waals surface area (Å²) >= 11 is 12.1. The van der Waals surface area contributed by atoms with Crippen LogP contribution in [-0.2, 0) is 6.54 Å². The topological polar surface area (TPSA) is 43.8 Å². The fourth-order valence-corrected chi connectivity index (χ4v) is 2.63. The SMILES string of the molecule is CCCCn1c(C(C)C)nc(-c2ccc(Cl)c(Cl)c2)c1N. The highest BCUT2D eigenvalue weighted by Gasteiger charge is 2.18. The lowest BCUT2D eigenvalue weighted by Crippen LogP contribution is -2.08. The lowest BCUT2D eigenvalue weighted by Gasteiger charge is -2.11. The van der Waals surface area contributed by atoms with Crippen molar-refractivity contribution in [1.82, 2.24) is 9.55 Å². The average Bonchev–Trinajstić information content (AvgIpc) is 2.77. The van der Waals surface area contributed by atoms with Crippen LogP contribution in [0, 0.1) is 0 Å². The number of hydrogen-bond donors (Lipinski definition) is 1. The molecule has 0 amide bonds. The number of halogens is 2. The Kier molecular flexibility index (Phi) is 5.17. The molecule has 0 saturated carbocycles. The first-order valence-electron chi connectivity index (χ1n) is 7.27. The van der Waals surface area contributed by atoms with Gasteiger partial charge in [0.15, 0.2) is 0 Å². The summed E-state index contributed by atoms with van der Waals surface area (Å²) in [5.74, 6) is 2.04. The van der Waals surface area contributed by atoms with E-state index in [1.165, 1.54) is 0 Å². The molecule has 0 atom stereocenters. The summed E-state index contributed by atoms with van der Waals surface area (Å²) in [6.45, 7) is 7.32. The molecule has 0 aliphatic carbocycles. The highest BCUT2D eigenvalue weighted by atomic mass is 35.5. The molecule has 0 radical (unpaired) electrons. The first kappa shape index (κ1) is 16.2. The van der Waals surface area contributed by atoms with E-state index in [0.717, 1.165) is 36.5 Å². The second-order valence-electron chi connectivity index (χ2n) is 5.49. The van der Waals surface area contributed by atoms with Crippen LogP contribution in [0.2, 0.25) is 10.0 Å². The van der Waals surface area contributed by atoms with Gasteiger partial charge in [-0.3, -0.25) is 0 Å². The first-order valence-corrected chi connectivity index (χ1v) is 8.02. The van der Waals surface area contributed by atoms with Crippen LogP contribution in [-0.4, -0.2) is 9.55 Å². The summed E-state index contributed by atoms with van der Waals surface area (Å²) in [6, 6.07) is 5.50. The highest BCUT2D eigenvalue weighted by Crippen LogP contribution is 2.33. The van der Waals surface area contributed by atoms with Gasteiger partial charge in [-0.25, -0.2) is 4.98 Å². The highest BCUT2D eigenvalue weighted by molar-refractivity contribution is 6.42. The van der Waals surface area contributed by atoms with Crippen LogP contribution < -0.4 is 5.73 Å². The Bertz CT molecular complexity index is 633. The van der Waals surface area contributed by atoms with Crippen molar-refractivity contribution in [1.29, 1.82) is 0 Å². The largest absolute Gasteiger partial charge is 0.383 e. The molecule has 0 aliphatic heterocycles. The molecule has 2 rings (SSSR count). The molecule has 5 heteroatoms. The summed E-state index contributed by atoms with van der Waals surface area (Å²) in [5.41, 5.74) is 8.01. The summed E-state index contributed by atoms with van der Waals surface area (Å²) in [7, 11) is 0. The van der Waals surface area contributed by atoms with E-state index in [2.05, 4.69) is 25.3 Å². The molecular formula is C16H21Cl2N3. The van der Waals surface area contributed by atoms with E-state index in [4.69, 9.17) is 33.9 Å². The molecule has 0 fully saturated rings. The molecule has 1 heterocycles. The zero-order valence-electron chi connectivity index (χ0n) is 12.7. The van der Waals surface area contributed by atoms with Crippen molar-refractivity contribution < 1.29 is 0 Å². The predicted molar refractivity (Wildman–Crippen MR) is 91.1 cm³/mol. The lowest BCUT2D eigenvalue weighted by molar-refractivity contribution is 0.588. The average molecular weight is 326 g/mol.